The highest BCUT2D eigenvalue weighted by Gasteiger charge is 2.31. The number of hydrogen-bond donors (Lipinski definition) is 1. The molecule has 21 heavy (non-hydrogen) atoms. The Hall–Kier alpha value is -1.79. The van der Waals surface area contributed by atoms with Crippen LogP contribution in [0.25, 0.3) is 0 Å². The predicted molar refractivity (Wildman–Crippen MR) is 73.7 cm³/mol. The number of nitrogens with zero attached hydrogens (tertiary/aromatic N) is 1. The van der Waals surface area contributed by atoms with Gasteiger partial charge in [-0.3, -0.25) is 4.79 Å². The average Bonchev–Trinajstić information content (AvgIpc) is 2.40. The lowest BCUT2D eigenvalue weighted by Gasteiger charge is -2.11. The summed E-state index contributed by atoms with van der Waals surface area (Å²) < 4.78 is 37.9. The summed E-state index contributed by atoms with van der Waals surface area (Å²) in [5, 5.41) is 2.50. The highest BCUT2D eigenvalue weighted by atomic mass is 35.5. The van der Waals surface area contributed by atoms with E-state index in [2.05, 4.69) is 10.3 Å². The number of hydrogen-bond acceptors (Lipinski definition) is 2. The number of halogens is 5. The molecule has 3 nitrogen and oxygen atoms in total. The van der Waals surface area contributed by atoms with Crippen molar-refractivity contribution in [2.45, 2.75) is 6.18 Å². The Morgan fingerprint density at radius 3 is 2.43 bits per heavy atom. The van der Waals surface area contributed by atoms with E-state index < -0.39 is 17.6 Å². The molecular formula is C13H7Cl2F3N2O. The first kappa shape index (κ1) is 15.6. The molecule has 0 aliphatic rings. The Balaban J connectivity index is 2.26. The topological polar surface area (TPSA) is 42.0 Å². The van der Waals surface area contributed by atoms with E-state index >= 15 is 0 Å². The van der Waals surface area contributed by atoms with Crippen LogP contribution >= 0.6 is 23.2 Å². The molecule has 8 heteroatoms. The van der Waals surface area contributed by atoms with Crippen LogP contribution in [0.1, 0.15) is 15.9 Å². The minimum absolute atomic E-state index is 0.00160. The van der Waals surface area contributed by atoms with Crippen molar-refractivity contribution in [3.05, 3.63) is 57.8 Å². The number of carbonyl (C=O) groups is 1. The van der Waals surface area contributed by atoms with Crippen molar-refractivity contribution in [3.63, 3.8) is 0 Å². The first-order chi connectivity index (χ1) is 9.77. The van der Waals surface area contributed by atoms with E-state index in [-0.39, 0.29) is 21.4 Å². The number of carbonyl (C=O) groups excluding carboxylic acids is 1. The summed E-state index contributed by atoms with van der Waals surface area (Å²) in [7, 11) is 0. The van der Waals surface area contributed by atoms with Crippen LogP contribution in [0.5, 0.6) is 0 Å². The number of rotatable bonds is 2. The number of benzene rings is 1. The zero-order valence-electron chi connectivity index (χ0n) is 10.2. The zero-order valence-corrected chi connectivity index (χ0v) is 11.7. The largest absolute Gasteiger partial charge is 0.416 e. The summed E-state index contributed by atoms with van der Waals surface area (Å²) in [5.41, 5.74) is -0.893. The van der Waals surface area contributed by atoms with Gasteiger partial charge >= 0.3 is 6.18 Å². The molecule has 1 aromatic heterocycles. The third kappa shape index (κ3) is 3.86. The zero-order chi connectivity index (χ0) is 15.6. The van der Waals surface area contributed by atoms with Crippen LogP contribution in [0.4, 0.5) is 18.9 Å². The summed E-state index contributed by atoms with van der Waals surface area (Å²) in [4.78, 5) is 15.6. The molecule has 0 saturated carbocycles. The quantitative estimate of drug-likeness (QED) is 0.811. The Morgan fingerprint density at radius 2 is 1.86 bits per heavy atom. The van der Waals surface area contributed by atoms with Gasteiger partial charge in [0.25, 0.3) is 5.91 Å². The Morgan fingerprint density at radius 1 is 1.14 bits per heavy atom. The number of alkyl halides is 3. The minimum Gasteiger partial charge on any atom is -0.321 e. The first-order valence-corrected chi connectivity index (χ1v) is 6.32. The van der Waals surface area contributed by atoms with Gasteiger partial charge in [0, 0.05) is 6.20 Å². The van der Waals surface area contributed by atoms with Gasteiger partial charge in [0.15, 0.2) is 0 Å². The fraction of sp³-hybridized carbons (Fsp3) is 0.0769. The number of amides is 1. The normalized spacial score (nSPS) is 11.3. The van der Waals surface area contributed by atoms with Gasteiger partial charge in [0.05, 0.1) is 21.8 Å². The maximum Gasteiger partial charge on any atom is 0.416 e. The highest BCUT2D eigenvalue weighted by Crippen LogP contribution is 2.33. The lowest BCUT2D eigenvalue weighted by molar-refractivity contribution is -0.137. The van der Waals surface area contributed by atoms with E-state index in [9.17, 15) is 18.0 Å². The number of nitrogens with one attached hydrogen (secondary N) is 1. The smallest absolute Gasteiger partial charge is 0.321 e. The Kier molecular flexibility index (Phi) is 4.39. The second-order valence-corrected chi connectivity index (χ2v) is 4.81. The lowest BCUT2D eigenvalue weighted by Crippen LogP contribution is -2.13. The van der Waals surface area contributed by atoms with Gasteiger partial charge in [0.2, 0.25) is 0 Å². The molecule has 0 atom stereocenters. The van der Waals surface area contributed by atoms with Gasteiger partial charge in [0.1, 0.15) is 5.15 Å². The average molecular weight is 335 g/mol. The Bertz CT molecular complexity index is 672. The molecule has 0 aliphatic heterocycles. The molecule has 1 amide bonds. The summed E-state index contributed by atoms with van der Waals surface area (Å²) in [6, 6.07) is 5.46. The van der Waals surface area contributed by atoms with E-state index in [0.29, 0.717) is 0 Å². The summed E-state index contributed by atoms with van der Waals surface area (Å²) in [6.07, 6.45) is -3.31. The number of aromatic nitrogens is 1. The molecule has 1 N–H and O–H groups in total. The third-order valence-corrected chi connectivity index (χ3v) is 3.08. The van der Waals surface area contributed by atoms with Crippen molar-refractivity contribution in [2.24, 2.45) is 0 Å². The van der Waals surface area contributed by atoms with Crippen molar-refractivity contribution in [1.82, 2.24) is 4.98 Å². The molecule has 0 bridgehead atoms. The van der Waals surface area contributed by atoms with Gasteiger partial charge in [-0.25, -0.2) is 4.98 Å². The van der Waals surface area contributed by atoms with Crippen molar-refractivity contribution in [2.75, 3.05) is 5.32 Å². The summed E-state index contributed by atoms with van der Waals surface area (Å²) in [6.45, 7) is 0. The highest BCUT2D eigenvalue weighted by molar-refractivity contribution is 6.34. The molecule has 0 radical (unpaired) electrons. The van der Waals surface area contributed by atoms with Crippen molar-refractivity contribution in [3.8, 4) is 0 Å². The van der Waals surface area contributed by atoms with Crippen LogP contribution in [0, 0.1) is 0 Å². The van der Waals surface area contributed by atoms with E-state index in [0.717, 1.165) is 18.2 Å². The first-order valence-electron chi connectivity index (χ1n) is 5.57. The minimum atomic E-state index is -4.52. The van der Waals surface area contributed by atoms with Crippen molar-refractivity contribution >= 4 is 34.8 Å². The second kappa shape index (κ2) is 5.91. The molecule has 0 unspecified atom stereocenters. The SMILES string of the molecule is O=C(Nc1cc(C(F)(F)F)ccc1Cl)c1ccc(Cl)nc1. The van der Waals surface area contributed by atoms with Crippen LogP contribution < -0.4 is 5.32 Å². The molecule has 110 valence electrons. The van der Waals surface area contributed by atoms with Crippen LogP contribution in [0.2, 0.25) is 10.2 Å². The van der Waals surface area contributed by atoms with Gasteiger partial charge in [-0.1, -0.05) is 23.2 Å². The second-order valence-electron chi connectivity index (χ2n) is 4.02. The summed E-state index contributed by atoms with van der Waals surface area (Å²) >= 11 is 11.4. The lowest BCUT2D eigenvalue weighted by atomic mass is 10.2. The maximum absolute atomic E-state index is 12.6. The number of pyridine rings is 1. The molecule has 1 aromatic carbocycles. The number of anilines is 1. The van der Waals surface area contributed by atoms with E-state index in [1.807, 2.05) is 0 Å². The molecule has 2 aromatic rings. The molecule has 0 fully saturated rings. The summed E-state index contributed by atoms with van der Waals surface area (Å²) in [5.74, 6) is -0.639. The van der Waals surface area contributed by atoms with E-state index in [4.69, 9.17) is 23.2 Å². The Labute approximate surface area is 127 Å². The molecule has 0 spiro atoms. The molecule has 2 rings (SSSR count). The van der Waals surface area contributed by atoms with Gasteiger partial charge in [-0.2, -0.15) is 13.2 Å². The van der Waals surface area contributed by atoms with Gasteiger partial charge in [-0.15, -0.1) is 0 Å². The third-order valence-electron chi connectivity index (χ3n) is 2.53. The van der Waals surface area contributed by atoms with Crippen LogP contribution in [-0.4, -0.2) is 10.9 Å². The fourth-order valence-corrected chi connectivity index (χ4v) is 1.78. The molecule has 0 saturated heterocycles. The van der Waals surface area contributed by atoms with Gasteiger partial charge < -0.3 is 5.32 Å². The van der Waals surface area contributed by atoms with Gasteiger partial charge in [-0.05, 0) is 30.3 Å². The van der Waals surface area contributed by atoms with E-state index in [1.54, 1.807) is 0 Å². The van der Waals surface area contributed by atoms with Crippen molar-refractivity contribution < 1.29 is 18.0 Å². The standard InChI is InChI=1S/C13H7Cl2F3N2O/c14-9-3-2-8(13(16,17)18)5-10(9)20-12(21)7-1-4-11(15)19-6-7/h1-6H,(H,20,21). The maximum atomic E-state index is 12.6. The molecule has 0 aliphatic carbocycles. The molecular weight excluding hydrogens is 328 g/mol. The van der Waals surface area contributed by atoms with Crippen molar-refractivity contribution in [1.29, 1.82) is 0 Å². The van der Waals surface area contributed by atoms with Crippen LogP contribution in [-0.2, 0) is 6.18 Å². The molecule has 1 heterocycles. The predicted octanol–water partition coefficient (Wildman–Crippen LogP) is 4.66. The fourth-order valence-electron chi connectivity index (χ4n) is 1.50. The van der Waals surface area contributed by atoms with Crippen LogP contribution in [0.3, 0.4) is 0 Å². The van der Waals surface area contributed by atoms with E-state index in [1.165, 1.54) is 18.3 Å². The monoisotopic (exact) mass is 334 g/mol. The van der Waals surface area contributed by atoms with Crippen LogP contribution in [0.15, 0.2) is 36.5 Å².